The summed E-state index contributed by atoms with van der Waals surface area (Å²) in [5.74, 6) is 0.260. The third-order valence-corrected chi connectivity index (χ3v) is 3.65. The molecule has 0 bridgehead atoms. The molecule has 1 aliphatic heterocycles. The summed E-state index contributed by atoms with van der Waals surface area (Å²) < 4.78 is 12.8. The maximum atomic E-state index is 12.8. The minimum Gasteiger partial charge on any atom is -0.349 e. The zero-order valence-electron chi connectivity index (χ0n) is 12.2. The van der Waals surface area contributed by atoms with E-state index in [9.17, 15) is 9.18 Å². The summed E-state index contributed by atoms with van der Waals surface area (Å²) in [6.45, 7) is 7.64. The Balaban J connectivity index is 1.80. The predicted molar refractivity (Wildman–Crippen MR) is 78.2 cm³/mol. The molecule has 4 heteroatoms. The van der Waals surface area contributed by atoms with Crippen molar-refractivity contribution in [2.75, 3.05) is 19.6 Å². The lowest BCUT2D eigenvalue weighted by atomic mass is 10.0. The van der Waals surface area contributed by atoms with Crippen LogP contribution in [0, 0.1) is 11.7 Å². The van der Waals surface area contributed by atoms with Crippen LogP contribution in [0.5, 0.6) is 0 Å². The Morgan fingerprint density at radius 3 is 2.45 bits per heavy atom. The molecule has 0 aromatic heterocycles. The molecule has 20 heavy (non-hydrogen) atoms. The first-order chi connectivity index (χ1) is 9.54. The second-order valence-electron chi connectivity index (χ2n) is 5.95. The molecule has 1 heterocycles. The van der Waals surface area contributed by atoms with Crippen LogP contribution in [0.4, 0.5) is 4.39 Å². The molecule has 2 rings (SSSR count). The van der Waals surface area contributed by atoms with E-state index < -0.39 is 0 Å². The average Bonchev–Trinajstić information content (AvgIpc) is 2.41. The number of nitrogens with zero attached hydrogens (tertiary/aromatic N) is 1. The second-order valence-corrected chi connectivity index (χ2v) is 5.95. The van der Waals surface area contributed by atoms with Crippen LogP contribution in [0.1, 0.15) is 37.0 Å². The number of rotatable bonds is 4. The summed E-state index contributed by atoms with van der Waals surface area (Å²) in [5.41, 5.74) is 0.524. The van der Waals surface area contributed by atoms with Crippen molar-refractivity contribution in [3.05, 3.63) is 35.6 Å². The van der Waals surface area contributed by atoms with Gasteiger partial charge in [-0.05, 0) is 43.0 Å². The summed E-state index contributed by atoms with van der Waals surface area (Å²) in [6, 6.07) is 5.92. The van der Waals surface area contributed by atoms with Crippen LogP contribution in [0.2, 0.25) is 0 Å². The SMILES string of the molecule is CC(C)CN1CCC(NC(=O)c2ccc(F)cc2)CC1. The lowest BCUT2D eigenvalue weighted by Crippen LogP contribution is -2.45. The van der Waals surface area contributed by atoms with Crippen LogP contribution in [-0.4, -0.2) is 36.5 Å². The molecule has 1 aliphatic rings. The first-order valence-electron chi connectivity index (χ1n) is 7.33. The van der Waals surface area contributed by atoms with Crippen molar-refractivity contribution in [1.82, 2.24) is 10.2 Å². The van der Waals surface area contributed by atoms with E-state index in [2.05, 4.69) is 24.1 Å². The third kappa shape index (κ3) is 4.30. The van der Waals surface area contributed by atoms with Crippen LogP contribution in [0.3, 0.4) is 0 Å². The van der Waals surface area contributed by atoms with E-state index in [1.54, 1.807) is 0 Å². The summed E-state index contributed by atoms with van der Waals surface area (Å²) in [7, 11) is 0. The van der Waals surface area contributed by atoms with E-state index in [1.165, 1.54) is 24.3 Å². The van der Waals surface area contributed by atoms with Gasteiger partial charge >= 0.3 is 0 Å². The Kier molecular flexibility index (Phi) is 5.12. The highest BCUT2D eigenvalue weighted by molar-refractivity contribution is 5.94. The molecule has 1 amide bonds. The van der Waals surface area contributed by atoms with E-state index >= 15 is 0 Å². The fraction of sp³-hybridized carbons (Fsp3) is 0.562. The van der Waals surface area contributed by atoms with Crippen molar-refractivity contribution in [2.24, 2.45) is 5.92 Å². The molecule has 110 valence electrons. The fourth-order valence-corrected chi connectivity index (χ4v) is 2.65. The summed E-state index contributed by atoms with van der Waals surface area (Å²) >= 11 is 0. The maximum absolute atomic E-state index is 12.8. The van der Waals surface area contributed by atoms with Crippen LogP contribution in [0.25, 0.3) is 0 Å². The van der Waals surface area contributed by atoms with E-state index in [0.29, 0.717) is 11.5 Å². The van der Waals surface area contributed by atoms with Gasteiger partial charge in [-0.3, -0.25) is 4.79 Å². The molecule has 1 N–H and O–H groups in total. The zero-order chi connectivity index (χ0) is 14.5. The van der Waals surface area contributed by atoms with Crippen molar-refractivity contribution in [2.45, 2.75) is 32.7 Å². The average molecular weight is 278 g/mol. The van der Waals surface area contributed by atoms with E-state index in [4.69, 9.17) is 0 Å². The van der Waals surface area contributed by atoms with Gasteiger partial charge in [0, 0.05) is 31.2 Å². The molecule has 1 saturated heterocycles. The minimum absolute atomic E-state index is 0.104. The molecular weight excluding hydrogens is 255 g/mol. The number of hydrogen-bond donors (Lipinski definition) is 1. The quantitative estimate of drug-likeness (QED) is 0.918. The largest absolute Gasteiger partial charge is 0.349 e. The smallest absolute Gasteiger partial charge is 0.251 e. The Morgan fingerprint density at radius 2 is 1.90 bits per heavy atom. The van der Waals surface area contributed by atoms with Gasteiger partial charge in [-0.1, -0.05) is 13.8 Å². The first kappa shape index (κ1) is 15.0. The second kappa shape index (κ2) is 6.84. The molecule has 1 fully saturated rings. The van der Waals surface area contributed by atoms with Gasteiger partial charge in [0.05, 0.1) is 0 Å². The van der Waals surface area contributed by atoms with Gasteiger partial charge in [0.1, 0.15) is 5.82 Å². The highest BCUT2D eigenvalue weighted by Gasteiger charge is 2.21. The van der Waals surface area contributed by atoms with Crippen molar-refractivity contribution < 1.29 is 9.18 Å². The van der Waals surface area contributed by atoms with Crippen molar-refractivity contribution in [3.63, 3.8) is 0 Å². The highest BCUT2D eigenvalue weighted by Crippen LogP contribution is 2.13. The summed E-state index contributed by atoms with van der Waals surface area (Å²) in [4.78, 5) is 14.5. The van der Waals surface area contributed by atoms with Gasteiger partial charge in [-0.25, -0.2) is 4.39 Å². The number of likely N-dealkylation sites (tertiary alicyclic amines) is 1. The molecule has 0 aliphatic carbocycles. The number of amides is 1. The Morgan fingerprint density at radius 1 is 1.30 bits per heavy atom. The summed E-state index contributed by atoms with van der Waals surface area (Å²) in [5, 5.41) is 3.04. The number of carbonyl (C=O) groups is 1. The molecule has 0 saturated carbocycles. The highest BCUT2D eigenvalue weighted by atomic mass is 19.1. The lowest BCUT2D eigenvalue weighted by Gasteiger charge is -2.33. The number of benzene rings is 1. The van der Waals surface area contributed by atoms with E-state index in [-0.39, 0.29) is 17.8 Å². The number of halogens is 1. The minimum atomic E-state index is -0.316. The standard InChI is InChI=1S/C16H23FN2O/c1-12(2)11-19-9-7-15(8-10-19)18-16(20)13-3-5-14(17)6-4-13/h3-6,12,15H,7-11H2,1-2H3,(H,18,20). The third-order valence-electron chi connectivity index (χ3n) is 3.65. The van der Waals surface area contributed by atoms with Gasteiger partial charge in [0.25, 0.3) is 5.91 Å². The molecule has 0 atom stereocenters. The molecule has 0 unspecified atom stereocenters. The fourth-order valence-electron chi connectivity index (χ4n) is 2.65. The van der Waals surface area contributed by atoms with Crippen molar-refractivity contribution >= 4 is 5.91 Å². The van der Waals surface area contributed by atoms with Gasteiger partial charge in [-0.15, -0.1) is 0 Å². The van der Waals surface area contributed by atoms with Gasteiger partial charge < -0.3 is 10.2 Å². The zero-order valence-corrected chi connectivity index (χ0v) is 12.2. The number of carbonyl (C=O) groups excluding carboxylic acids is 1. The molecule has 0 spiro atoms. The normalized spacial score (nSPS) is 17.4. The van der Waals surface area contributed by atoms with Gasteiger partial charge in [0.15, 0.2) is 0 Å². The topological polar surface area (TPSA) is 32.3 Å². The number of piperidine rings is 1. The van der Waals surface area contributed by atoms with E-state index in [1.807, 2.05) is 0 Å². The van der Waals surface area contributed by atoms with Crippen molar-refractivity contribution in [1.29, 1.82) is 0 Å². The Labute approximate surface area is 120 Å². The summed E-state index contributed by atoms with van der Waals surface area (Å²) in [6.07, 6.45) is 1.97. The van der Waals surface area contributed by atoms with E-state index in [0.717, 1.165) is 32.5 Å². The number of hydrogen-bond acceptors (Lipinski definition) is 2. The molecule has 1 aromatic carbocycles. The molecule has 1 aromatic rings. The predicted octanol–water partition coefficient (Wildman–Crippen LogP) is 2.68. The molecular formula is C16H23FN2O. The van der Waals surface area contributed by atoms with Crippen LogP contribution < -0.4 is 5.32 Å². The van der Waals surface area contributed by atoms with Crippen LogP contribution >= 0.6 is 0 Å². The van der Waals surface area contributed by atoms with Gasteiger partial charge in [0.2, 0.25) is 0 Å². The van der Waals surface area contributed by atoms with Crippen molar-refractivity contribution in [3.8, 4) is 0 Å². The Hall–Kier alpha value is -1.42. The molecule has 3 nitrogen and oxygen atoms in total. The van der Waals surface area contributed by atoms with Crippen LogP contribution in [-0.2, 0) is 0 Å². The lowest BCUT2D eigenvalue weighted by molar-refractivity contribution is 0.0907. The first-order valence-corrected chi connectivity index (χ1v) is 7.33. The Bertz CT molecular complexity index is 436. The molecule has 0 radical (unpaired) electrons. The number of nitrogens with one attached hydrogen (secondary N) is 1. The van der Waals surface area contributed by atoms with Crippen LogP contribution in [0.15, 0.2) is 24.3 Å². The monoisotopic (exact) mass is 278 g/mol. The maximum Gasteiger partial charge on any atom is 0.251 e. The van der Waals surface area contributed by atoms with Gasteiger partial charge in [-0.2, -0.15) is 0 Å².